The number of quaternary nitrogens is 1. The molecular weight excluding hydrogens is 354 g/mol. The van der Waals surface area contributed by atoms with Crippen LogP contribution in [0.2, 0.25) is 0 Å². The van der Waals surface area contributed by atoms with Gasteiger partial charge in [-0.25, -0.2) is 4.98 Å². The number of ketones is 1. The topological polar surface area (TPSA) is 60.4 Å². The lowest BCUT2D eigenvalue weighted by atomic mass is 9.48. The largest absolute Gasteiger partial charge is 0.397 e. The fourth-order valence-corrected chi connectivity index (χ4v) is 8.19. The number of hydrogen-bond donors (Lipinski definition) is 2. The zero-order valence-electron chi connectivity index (χ0n) is 16.0. The first-order valence-corrected chi connectivity index (χ1v) is 11.4. The van der Waals surface area contributed by atoms with Crippen LogP contribution in [0.15, 0.2) is 6.07 Å². The van der Waals surface area contributed by atoms with Gasteiger partial charge in [-0.15, -0.1) is 11.3 Å². The second kappa shape index (κ2) is 5.54. The molecule has 2 aromatic heterocycles. The van der Waals surface area contributed by atoms with Gasteiger partial charge in [-0.1, -0.05) is 0 Å². The SMILES string of the molecule is C[NH+]1CCc2nc3sc(C(=O)C45CC6CC(CC(C6)C4)C5)c(N)c3cc2C1. The molecule has 0 aromatic carbocycles. The van der Waals surface area contributed by atoms with Gasteiger partial charge in [0.2, 0.25) is 0 Å². The summed E-state index contributed by atoms with van der Waals surface area (Å²) in [5.41, 5.74) is 9.68. The van der Waals surface area contributed by atoms with Crippen molar-refractivity contribution in [1.82, 2.24) is 4.98 Å². The van der Waals surface area contributed by atoms with Crippen LogP contribution >= 0.6 is 11.3 Å². The molecule has 0 radical (unpaired) electrons. The number of carbonyl (C=O) groups is 1. The number of nitrogens with two attached hydrogens (primary N) is 1. The molecule has 3 N–H and O–H groups in total. The molecule has 1 atom stereocenters. The van der Waals surface area contributed by atoms with E-state index < -0.39 is 0 Å². The van der Waals surface area contributed by atoms with Gasteiger partial charge in [0.15, 0.2) is 5.78 Å². The zero-order valence-corrected chi connectivity index (χ0v) is 16.8. The molecule has 4 saturated carbocycles. The second-order valence-corrected chi connectivity index (χ2v) is 11.0. The number of nitrogen functional groups attached to an aromatic ring is 1. The maximum Gasteiger partial charge on any atom is 0.181 e. The van der Waals surface area contributed by atoms with Gasteiger partial charge in [0.1, 0.15) is 11.4 Å². The zero-order chi connectivity index (χ0) is 18.3. The molecule has 4 bridgehead atoms. The van der Waals surface area contributed by atoms with Crippen molar-refractivity contribution in [3.8, 4) is 0 Å². The maximum atomic E-state index is 13.8. The first kappa shape index (κ1) is 16.5. The van der Waals surface area contributed by atoms with Gasteiger partial charge in [-0.05, 0) is 62.3 Å². The van der Waals surface area contributed by atoms with Crippen molar-refractivity contribution < 1.29 is 9.69 Å². The highest BCUT2D eigenvalue weighted by molar-refractivity contribution is 7.21. The van der Waals surface area contributed by atoms with Crippen LogP contribution in [0.4, 0.5) is 5.69 Å². The van der Waals surface area contributed by atoms with Crippen LogP contribution in [0.5, 0.6) is 0 Å². The Labute approximate surface area is 164 Å². The van der Waals surface area contributed by atoms with E-state index in [9.17, 15) is 4.79 Å². The third-order valence-electron chi connectivity index (χ3n) is 7.90. The van der Waals surface area contributed by atoms with E-state index in [1.165, 1.54) is 35.4 Å². The maximum absolute atomic E-state index is 13.8. The van der Waals surface area contributed by atoms with Gasteiger partial charge in [0.05, 0.1) is 29.9 Å². The first-order valence-electron chi connectivity index (χ1n) is 10.6. The summed E-state index contributed by atoms with van der Waals surface area (Å²) in [4.78, 5) is 22.0. The van der Waals surface area contributed by atoms with Crippen molar-refractivity contribution in [2.24, 2.45) is 23.2 Å². The van der Waals surface area contributed by atoms with Crippen molar-refractivity contribution in [3.05, 3.63) is 22.2 Å². The number of likely N-dealkylation sites (N-methyl/N-ethyl adjacent to an activating group) is 1. The average Bonchev–Trinajstić information content (AvgIpc) is 2.94. The smallest absolute Gasteiger partial charge is 0.181 e. The van der Waals surface area contributed by atoms with Crippen molar-refractivity contribution in [1.29, 1.82) is 0 Å². The molecule has 5 heteroatoms. The van der Waals surface area contributed by atoms with E-state index >= 15 is 0 Å². The van der Waals surface area contributed by atoms with Gasteiger partial charge in [-0.3, -0.25) is 4.79 Å². The van der Waals surface area contributed by atoms with Crippen molar-refractivity contribution >= 4 is 33.0 Å². The minimum Gasteiger partial charge on any atom is -0.397 e. The molecule has 1 unspecified atom stereocenters. The molecule has 4 nitrogen and oxygen atoms in total. The molecule has 3 heterocycles. The van der Waals surface area contributed by atoms with Crippen LogP contribution in [0.25, 0.3) is 10.2 Å². The molecule has 0 saturated heterocycles. The quantitative estimate of drug-likeness (QED) is 0.785. The number of hydrogen-bond acceptors (Lipinski definition) is 4. The molecule has 0 spiro atoms. The van der Waals surface area contributed by atoms with Gasteiger partial charge in [0, 0.05) is 22.8 Å². The number of anilines is 1. The molecule has 5 aliphatic rings. The molecule has 4 fully saturated rings. The van der Waals surface area contributed by atoms with E-state index in [4.69, 9.17) is 10.7 Å². The monoisotopic (exact) mass is 382 g/mol. The second-order valence-electron chi connectivity index (χ2n) is 9.95. The van der Waals surface area contributed by atoms with E-state index in [0.29, 0.717) is 11.5 Å². The normalized spacial score (nSPS) is 36.9. The lowest BCUT2D eigenvalue weighted by Crippen LogP contribution is -3.08. The Bertz CT molecular complexity index is 927. The van der Waals surface area contributed by atoms with Gasteiger partial charge in [0.25, 0.3) is 0 Å². The fraction of sp³-hybridized carbons (Fsp3) is 0.636. The van der Waals surface area contributed by atoms with Crippen molar-refractivity contribution in [3.63, 3.8) is 0 Å². The summed E-state index contributed by atoms with van der Waals surface area (Å²) in [5.74, 6) is 2.68. The Morgan fingerprint density at radius 2 is 1.89 bits per heavy atom. The highest BCUT2D eigenvalue weighted by Gasteiger charge is 2.55. The third kappa shape index (κ3) is 2.37. The molecule has 1 aliphatic heterocycles. The Morgan fingerprint density at radius 3 is 2.56 bits per heavy atom. The summed E-state index contributed by atoms with van der Waals surface area (Å²) in [6.45, 7) is 2.14. The number of Topliss-reactive ketones (excluding diaryl/α,β-unsaturated/α-hetero) is 1. The predicted octanol–water partition coefficient (Wildman–Crippen LogP) is 2.85. The van der Waals surface area contributed by atoms with Crippen LogP contribution < -0.4 is 10.6 Å². The summed E-state index contributed by atoms with van der Waals surface area (Å²) in [6.07, 6.45) is 8.40. The molecule has 0 amide bonds. The van der Waals surface area contributed by atoms with Crippen LogP contribution in [0.3, 0.4) is 0 Å². The number of pyridine rings is 1. The van der Waals surface area contributed by atoms with Crippen LogP contribution in [-0.4, -0.2) is 24.4 Å². The molecule has 2 aromatic rings. The van der Waals surface area contributed by atoms with E-state index in [1.54, 1.807) is 11.3 Å². The van der Waals surface area contributed by atoms with Crippen molar-refractivity contribution in [2.75, 3.05) is 19.3 Å². The van der Waals surface area contributed by atoms with Crippen LogP contribution in [-0.2, 0) is 13.0 Å². The fourth-order valence-electron chi connectivity index (χ4n) is 7.03. The van der Waals surface area contributed by atoms with Crippen LogP contribution in [0, 0.1) is 23.2 Å². The summed E-state index contributed by atoms with van der Waals surface area (Å²) >= 11 is 1.56. The highest BCUT2D eigenvalue weighted by atomic mass is 32.1. The Kier molecular flexibility index (Phi) is 3.38. The van der Waals surface area contributed by atoms with Gasteiger partial charge >= 0.3 is 0 Å². The summed E-state index contributed by atoms with van der Waals surface area (Å²) < 4.78 is 0. The Balaban J connectivity index is 1.42. The Hall–Kier alpha value is -1.46. The third-order valence-corrected chi connectivity index (χ3v) is 9.01. The van der Waals surface area contributed by atoms with Gasteiger partial charge in [-0.2, -0.15) is 0 Å². The van der Waals surface area contributed by atoms with Gasteiger partial charge < -0.3 is 10.6 Å². The summed E-state index contributed by atoms with van der Waals surface area (Å²) in [6, 6.07) is 2.22. The lowest BCUT2D eigenvalue weighted by Gasteiger charge is -2.55. The van der Waals surface area contributed by atoms with Crippen LogP contribution in [0.1, 0.15) is 59.5 Å². The number of nitrogens with zero attached hydrogens (tertiary/aromatic N) is 1. The number of carbonyl (C=O) groups excluding carboxylic acids is 1. The standard InChI is InChI=1S/C22H27N3OS/c1-25-3-2-17-15(11-25)7-16-18(23)19(27-21(16)24-17)20(26)22-8-12-4-13(9-22)6-14(5-12)10-22/h7,12-14H,2-6,8-11,23H2,1H3/p+1. The molecule has 27 heavy (non-hydrogen) atoms. The lowest BCUT2D eigenvalue weighted by molar-refractivity contribution is -0.895. The van der Waals surface area contributed by atoms with E-state index in [0.717, 1.165) is 71.6 Å². The number of fused-ring (bicyclic) bond motifs is 2. The number of rotatable bonds is 2. The molecular formula is C22H28N3OS+. The van der Waals surface area contributed by atoms with E-state index in [1.807, 2.05) is 0 Å². The summed E-state index contributed by atoms with van der Waals surface area (Å²) in [5, 5.41) is 1.02. The number of aromatic nitrogens is 1. The summed E-state index contributed by atoms with van der Waals surface area (Å²) in [7, 11) is 2.23. The first-order chi connectivity index (χ1) is 13.0. The molecule has 7 rings (SSSR count). The Morgan fingerprint density at radius 1 is 1.22 bits per heavy atom. The van der Waals surface area contributed by atoms with Crippen molar-refractivity contribution in [2.45, 2.75) is 51.5 Å². The van der Waals surface area contributed by atoms with E-state index in [2.05, 4.69) is 13.1 Å². The molecule has 142 valence electrons. The van der Waals surface area contributed by atoms with E-state index in [-0.39, 0.29) is 5.41 Å². The number of nitrogens with one attached hydrogen (secondary N) is 1. The predicted molar refractivity (Wildman–Crippen MR) is 108 cm³/mol. The number of thiophene rings is 1. The minimum absolute atomic E-state index is 0.117. The minimum atomic E-state index is -0.117. The highest BCUT2D eigenvalue weighted by Crippen LogP contribution is 2.61. The average molecular weight is 383 g/mol. The molecule has 4 aliphatic carbocycles.